The van der Waals surface area contributed by atoms with E-state index in [0.29, 0.717) is 18.2 Å². The summed E-state index contributed by atoms with van der Waals surface area (Å²) >= 11 is 0. The molecule has 0 fully saturated rings. The SMILES string of the molecule is CNS(=O)(=O)c1ccc(NC[C@@H](CC(C)C)N(C)C)c([N+](=O)[O-])c1. The van der Waals surface area contributed by atoms with Gasteiger partial charge in [-0.15, -0.1) is 0 Å². The third-order valence-corrected chi connectivity index (χ3v) is 5.16. The summed E-state index contributed by atoms with van der Waals surface area (Å²) < 4.78 is 25.8. The van der Waals surface area contributed by atoms with Gasteiger partial charge in [-0.1, -0.05) is 13.8 Å². The van der Waals surface area contributed by atoms with E-state index in [-0.39, 0.29) is 16.6 Å². The molecule has 1 aromatic rings. The van der Waals surface area contributed by atoms with Crippen molar-refractivity contribution in [2.75, 3.05) is 33.0 Å². The molecular formula is C15H26N4O4S. The Bertz CT molecular complexity index is 674. The number of hydrogen-bond acceptors (Lipinski definition) is 6. The molecule has 0 amide bonds. The second-order valence-electron chi connectivity index (χ2n) is 6.27. The number of nitro benzene ring substituents is 1. The maximum absolute atomic E-state index is 11.8. The van der Waals surface area contributed by atoms with E-state index < -0.39 is 14.9 Å². The second-order valence-corrected chi connectivity index (χ2v) is 8.16. The van der Waals surface area contributed by atoms with E-state index in [1.54, 1.807) is 0 Å². The molecule has 0 aliphatic heterocycles. The first-order valence-electron chi connectivity index (χ1n) is 7.70. The van der Waals surface area contributed by atoms with Gasteiger partial charge in [-0.25, -0.2) is 13.1 Å². The summed E-state index contributed by atoms with van der Waals surface area (Å²) in [6.07, 6.45) is 0.944. The summed E-state index contributed by atoms with van der Waals surface area (Å²) in [5.74, 6) is 0.498. The molecule has 0 saturated carbocycles. The minimum absolute atomic E-state index is 0.131. The Morgan fingerprint density at radius 3 is 2.38 bits per heavy atom. The van der Waals surface area contributed by atoms with E-state index in [4.69, 9.17) is 0 Å². The van der Waals surface area contributed by atoms with Crippen molar-refractivity contribution < 1.29 is 13.3 Å². The highest BCUT2D eigenvalue weighted by Crippen LogP contribution is 2.27. The van der Waals surface area contributed by atoms with E-state index in [1.807, 2.05) is 14.1 Å². The predicted molar refractivity (Wildman–Crippen MR) is 94.8 cm³/mol. The van der Waals surface area contributed by atoms with Gasteiger partial charge in [-0.05, 0) is 45.6 Å². The van der Waals surface area contributed by atoms with Gasteiger partial charge in [0.05, 0.1) is 9.82 Å². The van der Waals surface area contributed by atoms with Gasteiger partial charge in [0.25, 0.3) is 5.69 Å². The van der Waals surface area contributed by atoms with E-state index in [1.165, 1.54) is 19.2 Å². The van der Waals surface area contributed by atoms with Crippen LogP contribution in [0.15, 0.2) is 23.1 Å². The van der Waals surface area contributed by atoms with Gasteiger partial charge >= 0.3 is 0 Å². The Hall–Kier alpha value is -1.71. The molecule has 0 aromatic heterocycles. The van der Waals surface area contributed by atoms with Gasteiger partial charge in [0.1, 0.15) is 5.69 Å². The standard InChI is InChI=1S/C15H26N4O4S/c1-11(2)8-12(18(4)5)10-17-14-7-6-13(24(22,23)16-3)9-15(14)19(20)21/h6-7,9,11-12,16-17H,8,10H2,1-5H3/t12-/m1/s1. The molecule has 9 heteroatoms. The third kappa shape index (κ3) is 5.43. The number of likely N-dealkylation sites (N-methyl/N-ethyl adjacent to an activating group) is 1. The minimum Gasteiger partial charge on any atom is -0.378 e. The summed E-state index contributed by atoms with van der Waals surface area (Å²) in [5, 5.41) is 14.4. The van der Waals surface area contributed by atoms with Gasteiger partial charge in [-0.3, -0.25) is 10.1 Å². The fraction of sp³-hybridized carbons (Fsp3) is 0.600. The van der Waals surface area contributed by atoms with Crippen LogP contribution < -0.4 is 10.0 Å². The van der Waals surface area contributed by atoms with Crippen LogP contribution in [0, 0.1) is 16.0 Å². The monoisotopic (exact) mass is 358 g/mol. The van der Waals surface area contributed by atoms with Crippen molar-refractivity contribution in [2.45, 2.75) is 31.2 Å². The van der Waals surface area contributed by atoms with E-state index >= 15 is 0 Å². The molecular weight excluding hydrogens is 332 g/mol. The Morgan fingerprint density at radius 2 is 1.92 bits per heavy atom. The average Bonchev–Trinajstić information content (AvgIpc) is 2.50. The van der Waals surface area contributed by atoms with Crippen LogP contribution in [0.2, 0.25) is 0 Å². The summed E-state index contributed by atoms with van der Waals surface area (Å²) in [7, 11) is 1.47. The van der Waals surface area contributed by atoms with Crippen molar-refractivity contribution in [3.63, 3.8) is 0 Å². The predicted octanol–water partition coefficient (Wildman–Crippen LogP) is 1.89. The number of hydrogen-bond donors (Lipinski definition) is 2. The quantitative estimate of drug-likeness (QED) is 0.516. The topological polar surface area (TPSA) is 105 Å². The van der Waals surface area contributed by atoms with Crippen molar-refractivity contribution in [3.8, 4) is 0 Å². The van der Waals surface area contributed by atoms with Crippen LogP contribution in [0.3, 0.4) is 0 Å². The number of nitro groups is 1. The van der Waals surface area contributed by atoms with Crippen LogP contribution in [-0.2, 0) is 10.0 Å². The van der Waals surface area contributed by atoms with Crippen molar-refractivity contribution in [3.05, 3.63) is 28.3 Å². The lowest BCUT2D eigenvalue weighted by molar-refractivity contribution is -0.384. The fourth-order valence-electron chi connectivity index (χ4n) is 2.35. The highest BCUT2D eigenvalue weighted by Gasteiger charge is 2.21. The Morgan fingerprint density at radius 1 is 1.29 bits per heavy atom. The molecule has 1 aromatic carbocycles. The highest BCUT2D eigenvalue weighted by atomic mass is 32.2. The largest absolute Gasteiger partial charge is 0.378 e. The zero-order chi connectivity index (χ0) is 18.5. The lowest BCUT2D eigenvalue weighted by Crippen LogP contribution is -2.35. The molecule has 1 rings (SSSR count). The Labute approximate surface area is 143 Å². The van der Waals surface area contributed by atoms with Crippen LogP contribution in [0.4, 0.5) is 11.4 Å². The maximum Gasteiger partial charge on any atom is 0.293 e. The third-order valence-electron chi connectivity index (χ3n) is 3.75. The van der Waals surface area contributed by atoms with E-state index in [9.17, 15) is 18.5 Å². The molecule has 0 radical (unpaired) electrons. The molecule has 2 N–H and O–H groups in total. The molecule has 0 saturated heterocycles. The van der Waals surface area contributed by atoms with Crippen LogP contribution in [-0.4, -0.2) is 52.0 Å². The molecule has 0 unspecified atom stereocenters. The summed E-state index contributed by atoms with van der Waals surface area (Å²) in [4.78, 5) is 12.6. The highest BCUT2D eigenvalue weighted by molar-refractivity contribution is 7.89. The zero-order valence-corrected chi connectivity index (χ0v) is 15.6. The summed E-state index contributed by atoms with van der Waals surface area (Å²) in [5.41, 5.74) is 0.0547. The summed E-state index contributed by atoms with van der Waals surface area (Å²) in [6, 6.07) is 4.07. The Balaban J connectivity index is 3.05. The maximum atomic E-state index is 11.8. The normalized spacial score (nSPS) is 13.3. The van der Waals surface area contributed by atoms with E-state index in [2.05, 4.69) is 28.8 Å². The number of rotatable bonds is 9. The van der Waals surface area contributed by atoms with Gasteiger partial charge < -0.3 is 10.2 Å². The molecule has 1 atom stereocenters. The van der Waals surface area contributed by atoms with Crippen molar-refractivity contribution >= 4 is 21.4 Å². The van der Waals surface area contributed by atoms with Gasteiger partial charge in [0.15, 0.2) is 0 Å². The molecule has 0 spiro atoms. The van der Waals surface area contributed by atoms with Crippen LogP contribution >= 0.6 is 0 Å². The van der Waals surface area contributed by atoms with Crippen LogP contribution in [0.1, 0.15) is 20.3 Å². The van der Waals surface area contributed by atoms with Gasteiger partial charge in [0.2, 0.25) is 10.0 Å². The minimum atomic E-state index is -3.72. The lowest BCUT2D eigenvalue weighted by atomic mass is 10.0. The van der Waals surface area contributed by atoms with E-state index in [0.717, 1.165) is 12.5 Å². The smallest absolute Gasteiger partial charge is 0.293 e. The van der Waals surface area contributed by atoms with Crippen LogP contribution in [0.25, 0.3) is 0 Å². The number of nitrogens with one attached hydrogen (secondary N) is 2. The molecule has 0 aliphatic carbocycles. The number of benzene rings is 1. The zero-order valence-electron chi connectivity index (χ0n) is 14.7. The van der Waals surface area contributed by atoms with Gasteiger partial charge in [-0.2, -0.15) is 0 Å². The number of nitrogens with zero attached hydrogens (tertiary/aromatic N) is 2. The molecule has 24 heavy (non-hydrogen) atoms. The lowest BCUT2D eigenvalue weighted by Gasteiger charge is -2.26. The molecule has 0 bridgehead atoms. The van der Waals surface area contributed by atoms with Gasteiger partial charge in [0, 0.05) is 18.7 Å². The van der Waals surface area contributed by atoms with Crippen molar-refractivity contribution in [1.29, 1.82) is 0 Å². The average molecular weight is 358 g/mol. The first-order valence-corrected chi connectivity index (χ1v) is 9.19. The Kier molecular flexibility index (Phi) is 7.12. The summed E-state index contributed by atoms with van der Waals surface area (Å²) in [6.45, 7) is 4.77. The molecule has 0 heterocycles. The number of anilines is 1. The van der Waals surface area contributed by atoms with Crippen molar-refractivity contribution in [1.82, 2.24) is 9.62 Å². The molecule has 136 valence electrons. The second kappa shape index (κ2) is 8.41. The first-order chi connectivity index (χ1) is 11.1. The molecule has 0 aliphatic rings. The fourth-order valence-corrected chi connectivity index (χ4v) is 3.10. The first kappa shape index (κ1) is 20.3. The van der Waals surface area contributed by atoms with Crippen molar-refractivity contribution in [2.24, 2.45) is 5.92 Å². The van der Waals surface area contributed by atoms with Crippen LogP contribution in [0.5, 0.6) is 0 Å². The number of sulfonamides is 1. The molecule has 8 nitrogen and oxygen atoms in total.